The Morgan fingerprint density at radius 2 is 1.98 bits per heavy atom. The number of ether oxygens (including phenoxy) is 4. The van der Waals surface area contributed by atoms with Gasteiger partial charge in [-0.2, -0.15) is 0 Å². The molecule has 13 nitrogen and oxygen atoms in total. The molecule has 0 spiro atoms. The molecular formula is C27H29FN3O10P. The summed E-state index contributed by atoms with van der Waals surface area (Å²) in [6.45, 7) is 2.07. The van der Waals surface area contributed by atoms with Crippen molar-refractivity contribution >= 4 is 14.1 Å². The summed E-state index contributed by atoms with van der Waals surface area (Å²) in [7, 11) is -1.36. The van der Waals surface area contributed by atoms with Crippen LogP contribution in [-0.4, -0.2) is 58.3 Å². The maximum atomic E-state index is 15.5. The molecule has 0 radical (unpaired) electrons. The number of esters is 1. The molecule has 2 N–H and O–H groups in total. The van der Waals surface area contributed by atoms with Crippen LogP contribution in [0.15, 0.2) is 75.1 Å². The first-order chi connectivity index (χ1) is 20.0. The monoisotopic (exact) mass is 605 g/mol. The lowest BCUT2D eigenvalue weighted by molar-refractivity contribution is -0.169. The maximum absolute atomic E-state index is 15.5. The average molecular weight is 606 g/mol. The number of hydrogen-bond acceptors (Lipinski definition) is 11. The number of H-pyrrole nitrogens is 1. The molecule has 1 unspecified atom stereocenters. The number of halogens is 1. The molecule has 42 heavy (non-hydrogen) atoms. The number of methoxy groups -OCH3 is 1. The van der Waals surface area contributed by atoms with E-state index in [-0.39, 0.29) is 18.1 Å². The topological polar surface area (TPSA) is 174 Å². The number of rotatable bonds is 11. The number of nitrogens with zero attached hydrogens (tertiary/aromatic N) is 2. The minimum atomic E-state index is -2.77. The second kappa shape index (κ2) is 13.3. The van der Waals surface area contributed by atoms with E-state index >= 15 is 4.39 Å². The third kappa shape index (κ3) is 7.21. The van der Waals surface area contributed by atoms with Crippen LogP contribution < -0.4 is 30.1 Å². The van der Waals surface area contributed by atoms with Gasteiger partial charge in [-0.05, 0) is 31.5 Å². The SMILES string of the molecule is COc1ccc(O/[P+]([O-])=N/[C@@H](C)C(=O)OCc2ccccc2)c(OC[C@H]2O[C@@H](n3ccc(=O)[nH]c3=O)[C@](C)(F)[C@@H]2O)c1. The molecule has 2 aromatic carbocycles. The Balaban J connectivity index is 1.44. The minimum Gasteiger partial charge on any atom is -0.575 e. The average Bonchev–Trinajstić information content (AvgIpc) is 3.19. The molecule has 0 aliphatic carbocycles. The fourth-order valence-corrected chi connectivity index (χ4v) is 4.83. The number of aromatic amines is 1. The molecule has 0 bridgehead atoms. The Kier molecular flexibility index (Phi) is 9.74. The predicted octanol–water partition coefficient (Wildman–Crippen LogP) is 1.98. The van der Waals surface area contributed by atoms with Crippen molar-refractivity contribution in [3.05, 3.63) is 87.2 Å². The molecule has 1 aromatic heterocycles. The zero-order chi connectivity index (χ0) is 30.4. The normalized spacial score (nSPS) is 22.8. The molecular weight excluding hydrogens is 576 g/mol. The third-order valence-electron chi connectivity index (χ3n) is 6.38. The first kappa shape index (κ1) is 30.8. The number of aliphatic hydroxyl groups is 1. The molecule has 6 atom stereocenters. The van der Waals surface area contributed by atoms with Crippen LogP contribution in [0.1, 0.15) is 25.6 Å². The molecule has 224 valence electrons. The lowest BCUT2D eigenvalue weighted by Gasteiger charge is -2.24. The van der Waals surface area contributed by atoms with E-state index in [1.807, 2.05) is 11.1 Å². The van der Waals surface area contributed by atoms with E-state index in [4.69, 9.17) is 23.5 Å². The van der Waals surface area contributed by atoms with Gasteiger partial charge in [0.15, 0.2) is 23.7 Å². The van der Waals surface area contributed by atoms with Gasteiger partial charge in [0.25, 0.3) is 5.56 Å². The van der Waals surface area contributed by atoms with Crippen molar-refractivity contribution < 1.29 is 42.7 Å². The Labute approximate surface area is 240 Å². The highest BCUT2D eigenvalue weighted by molar-refractivity contribution is 7.34. The van der Waals surface area contributed by atoms with Crippen LogP contribution in [0.3, 0.4) is 0 Å². The zero-order valence-electron chi connectivity index (χ0n) is 22.8. The number of nitrogens with one attached hydrogen (secondary N) is 1. The van der Waals surface area contributed by atoms with E-state index in [2.05, 4.69) is 4.74 Å². The molecule has 1 saturated heterocycles. The van der Waals surface area contributed by atoms with Gasteiger partial charge >= 0.3 is 19.8 Å². The Bertz CT molecular complexity index is 1540. The van der Waals surface area contributed by atoms with Gasteiger partial charge in [-0.25, -0.2) is 14.0 Å². The zero-order valence-corrected chi connectivity index (χ0v) is 23.7. The van der Waals surface area contributed by atoms with Crippen LogP contribution in [0.25, 0.3) is 0 Å². The van der Waals surface area contributed by atoms with E-state index in [0.29, 0.717) is 5.75 Å². The predicted molar refractivity (Wildman–Crippen MR) is 145 cm³/mol. The molecule has 4 rings (SSSR count). The van der Waals surface area contributed by atoms with Gasteiger partial charge in [0.2, 0.25) is 5.75 Å². The van der Waals surface area contributed by atoms with Gasteiger partial charge in [0, 0.05) is 18.3 Å². The Morgan fingerprint density at radius 1 is 1.24 bits per heavy atom. The molecule has 1 aliphatic heterocycles. The van der Waals surface area contributed by atoms with Gasteiger partial charge in [-0.15, -0.1) is 0 Å². The number of carbonyl (C=O) groups is 1. The Morgan fingerprint density at radius 3 is 2.67 bits per heavy atom. The highest BCUT2D eigenvalue weighted by Crippen LogP contribution is 2.42. The van der Waals surface area contributed by atoms with Crippen LogP contribution in [0.4, 0.5) is 4.39 Å². The summed E-state index contributed by atoms with van der Waals surface area (Å²) in [5.41, 5.74) is -3.25. The summed E-state index contributed by atoms with van der Waals surface area (Å²) >= 11 is 0. The molecule has 15 heteroatoms. The largest absolute Gasteiger partial charge is 0.575 e. The van der Waals surface area contributed by atoms with Crippen molar-refractivity contribution in [1.29, 1.82) is 0 Å². The van der Waals surface area contributed by atoms with E-state index in [1.165, 1.54) is 32.2 Å². The molecule has 0 saturated carbocycles. The molecule has 1 fully saturated rings. The number of carbonyl (C=O) groups excluding carboxylic acids is 1. The van der Waals surface area contributed by atoms with E-state index < -0.39 is 62.1 Å². The van der Waals surface area contributed by atoms with Crippen molar-refractivity contribution in [3.8, 4) is 17.2 Å². The number of hydrogen-bond donors (Lipinski definition) is 2. The van der Waals surface area contributed by atoms with Crippen molar-refractivity contribution in [2.45, 2.75) is 50.6 Å². The highest BCUT2D eigenvalue weighted by atomic mass is 31.1. The number of aromatic nitrogens is 2. The first-order valence-electron chi connectivity index (χ1n) is 12.7. The van der Waals surface area contributed by atoms with Crippen LogP contribution in [0.2, 0.25) is 0 Å². The minimum absolute atomic E-state index is 0.00627. The molecule has 2 heterocycles. The summed E-state index contributed by atoms with van der Waals surface area (Å²) in [6, 6.07) is 13.2. The summed E-state index contributed by atoms with van der Waals surface area (Å²) in [5.74, 6) is -0.416. The van der Waals surface area contributed by atoms with Gasteiger partial charge in [-0.1, -0.05) is 35.1 Å². The number of alkyl halides is 1. The van der Waals surface area contributed by atoms with Crippen molar-refractivity contribution in [2.75, 3.05) is 13.7 Å². The van der Waals surface area contributed by atoms with Crippen molar-refractivity contribution in [1.82, 2.24) is 9.55 Å². The van der Waals surface area contributed by atoms with Gasteiger partial charge in [0.05, 0.1) is 7.11 Å². The first-order valence-corrected chi connectivity index (χ1v) is 13.8. The number of aliphatic hydroxyl groups excluding tert-OH is 1. The quantitative estimate of drug-likeness (QED) is 0.243. The molecule has 3 aromatic rings. The van der Waals surface area contributed by atoms with Gasteiger partial charge < -0.3 is 28.9 Å². The van der Waals surface area contributed by atoms with Crippen LogP contribution >= 0.6 is 8.17 Å². The van der Waals surface area contributed by atoms with Crippen molar-refractivity contribution in [2.24, 2.45) is 4.74 Å². The number of benzene rings is 2. The van der Waals surface area contributed by atoms with Crippen LogP contribution in [0.5, 0.6) is 17.2 Å². The molecule has 0 amide bonds. The van der Waals surface area contributed by atoms with E-state index in [1.54, 1.807) is 24.3 Å². The lowest BCUT2D eigenvalue weighted by atomic mass is 9.98. The fourth-order valence-electron chi connectivity index (χ4n) is 4.08. The standard InChI is InChI=1S/C27H29FN3O10P/c1-16(24(34)39-14-17-7-5-4-6-8-17)30-42(36)41-19-10-9-18(37-3)13-20(19)38-15-21-23(33)27(2,28)25(40-21)31-12-11-22(32)29-26(31)35/h4-13,16,21,23,25,33H,14-15H2,1-3H3,(H,29,32,35)/t16-,21+,23+,25+,27+/m0/s1. The Hall–Kier alpha value is -4.10. The smallest absolute Gasteiger partial charge is 0.395 e. The highest BCUT2D eigenvalue weighted by Gasteiger charge is 2.55. The summed E-state index contributed by atoms with van der Waals surface area (Å²) in [6.07, 6.45) is -3.50. The summed E-state index contributed by atoms with van der Waals surface area (Å²) in [5, 5.41) is 10.6. The van der Waals surface area contributed by atoms with Crippen LogP contribution in [-0.2, 0) is 20.9 Å². The maximum Gasteiger partial charge on any atom is 0.395 e. The van der Waals surface area contributed by atoms with Crippen LogP contribution in [0, 0.1) is 0 Å². The summed E-state index contributed by atoms with van der Waals surface area (Å²) in [4.78, 5) is 50.6. The van der Waals surface area contributed by atoms with E-state index in [9.17, 15) is 24.4 Å². The fraction of sp³-hybridized carbons (Fsp3) is 0.370. The second-order valence-electron chi connectivity index (χ2n) is 9.48. The molecule has 1 aliphatic rings. The van der Waals surface area contributed by atoms with Gasteiger partial charge in [0.1, 0.15) is 31.2 Å². The third-order valence-corrected chi connectivity index (χ3v) is 7.27. The van der Waals surface area contributed by atoms with Gasteiger partial charge in [-0.3, -0.25) is 18.9 Å². The van der Waals surface area contributed by atoms with E-state index in [0.717, 1.165) is 29.3 Å². The second-order valence-corrected chi connectivity index (χ2v) is 10.4. The lowest BCUT2D eigenvalue weighted by Crippen LogP contribution is -2.43. The van der Waals surface area contributed by atoms with Crippen molar-refractivity contribution in [3.63, 3.8) is 0 Å². The summed E-state index contributed by atoms with van der Waals surface area (Å²) < 4.78 is 47.4.